The molecular weight excluding hydrogens is 508 g/mol. The molecule has 0 radical (unpaired) electrons. The maximum Gasteiger partial charge on any atom is 0.420 e. The molecule has 4 rings (SSSR count). The first kappa shape index (κ1) is 27.3. The van der Waals surface area contributed by atoms with Crippen LogP contribution in [0.5, 0.6) is 17.2 Å². The number of hydrogen-bond acceptors (Lipinski definition) is 9. The molecule has 0 bridgehead atoms. The quantitative estimate of drug-likeness (QED) is 0.421. The average Bonchev–Trinajstić information content (AvgIpc) is 2.93. The van der Waals surface area contributed by atoms with E-state index in [1.54, 1.807) is 37.5 Å². The number of benzene rings is 2. The topological polar surface area (TPSA) is 92.3 Å². The summed E-state index contributed by atoms with van der Waals surface area (Å²) in [5.41, 5.74) is 1.74. The molecule has 1 aliphatic rings. The fraction of sp³-hybridized carbons (Fsp3) is 0.370. The molecule has 0 unspecified atom stereocenters. The number of halogens is 1. The van der Waals surface area contributed by atoms with Gasteiger partial charge in [0.15, 0.2) is 11.5 Å². The van der Waals surface area contributed by atoms with Crippen molar-refractivity contribution in [1.82, 2.24) is 14.9 Å². The fourth-order valence-corrected chi connectivity index (χ4v) is 4.47. The average molecular weight is 541 g/mol. The van der Waals surface area contributed by atoms with E-state index < -0.39 is 6.09 Å². The third-order valence-corrected chi connectivity index (χ3v) is 6.72. The third kappa shape index (κ3) is 6.38. The lowest BCUT2D eigenvalue weighted by Crippen LogP contribution is -2.49. The van der Waals surface area contributed by atoms with Gasteiger partial charge in [0.2, 0.25) is 5.95 Å². The molecule has 0 atom stereocenters. The van der Waals surface area contributed by atoms with Crippen LogP contribution >= 0.6 is 11.6 Å². The summed E-state index contributed by atoms with van der Waals surface area (Å²) < 4.78 is 16.0. The van der Waals surface area contributed by atoms with E-state index in [4.69, 9.17) is 25.8 Å². The second kappa shape index (κ2) is 12.2. The Kier molecular flexibility index (Phi) is 8.75. The highest BCUT2D eigenvalue weighted by atomic mass is 35.5. The van der Waals surface area contributed by atoms with E-state index in [1.807, 2.05) is 18.2 Å². The molecule has 2 aromatic carbocycles. The van der Waals surface area contributed by atoms with E-state index in [2.05, 4.69) is 38.9 Å². The number of amides is 1. The first-order chi connectivity index (χ1) is 18.3. The molecule has 1 fully saturated rings. The van der Waals surface area contributed by atoms with Crippen molar-refractivity contribution >= 4 is 40.8 Å². The van der Waals surface area contributed by atoms with Gasteiger partial charge in [-0.3, -0.25) is 9.80 Å². The van der Waals surface area contributed by atoms with Crippen LogP contribution in [0.3, 0.4) is 0 Å². The zero-order valence-corrected chi connectivity index (χ0v) is 23.0. The normalized spacial score (nSPS) is 13.8. The molecular formula is C27H33ClN6O4. The summed E-state index contributed by atoms with van der Waals surface area (Å²) in [5, 5.41) is 3.82. The molecule has 1 aromatic heterocycles. The van der Waals surface area contributed by atoms with Gasteiger partial charge in [0.25, 0.3) is 0 Å². The number of anilines is 4. The standard InChI is InChI=1S/C27H33ClN6O4/c1-18(2)33-12-14-34(15-13-33)22-8-6-19(16-21(22)28)30-26-29-11-10-25(31-26)32(3)27(35)38-24-17-20(36-4)7-9-23(24)37-5/h6-11,16-18H,12-15H2,1-5H3,(H,29,30,31). The Balaban J connectivity index is 1.42. The van der Waals surface area contributed by atoms with Crippen LogP contribution in [0.4, 0.5) is 27.9 Å². The molecule has 0 spiro atoms. The Morgan fingerprint density at radius 2 is 1.79 bits per heavy atom. The van der Waals surface area contributed by atoms with Gasteiger partial charge in [-0.2, -0.15) is 4.98 Å². The Morgan fingerprint density at radius 1 is 1.03 bits per heavy atom. The predicted octanol–water partition coefficient (Wildman–Crippen LogP) is 5.06. The van der Waals surface area contributed by atoms with Crippen LogP contribution in [0, 0.1) is 0 Å². The SMILES string of the molecule is COc1ccc(OC)c(OC(=O)N(C)c2ccnc(Nc3ccc(N4CCN(C(C)C)CC4)c(Cl)c3)n2)c1. The third-order valence-electron chi connectivity index (χ3n) is 6.42. The van der Waals surface area contributed by atoms with E-state index in [-0.39, 0.29) is 5.75 Å². The molecule has 1 saturated heterocycles. The van der Waals surface area contributed by atoms with Gasteiger partial charge in [0.1, 0.15) is 11.6 Å². The van der Waals surface area contributed by atoms with Crippen molar-refractivity contribution in [1.29, 1.82) is 0 Å². The summed E-state index contributed by atoms with van der Waals surface area (Å²) in [4.78, 5) is 27.6. The van der Waals surface area contributed by atoms with Gasteiger partial charge in [0.05, 0.1) is 24.9 Å². The second-order valence-corrected chi connectivity index (χ2v) is 9.50. The largest absolute Gasteiger partial charge is 0.497 e. The van der Waals surface area contributed by atoms with Crippen molar-refractivity contribution < 1.29 is 19.0 Å². The van der Waals surface area contributed by atoms with E-state index in [9.17, 15) is 4.79 Å². The number of ether oxygens (including phenoxy) is 3. The number of piperazine rings is 1. The Morgan fingerprint density at radius 3 is 2.45 bits per heavy atom. The highest BCUT2D eigenvalue weighted by Gasteiger charge is 2.21. The molecule has 1 aliphatic heterocycles. The minimum atomic E-state index is -0.647. The monoisotopic (exact) mass is 540 g/mol. The zero-order chi connectivity index (χ0) is 27.2. The van der Waals surface area contributed by atoms with Crippen LogP contribution in [0.1, 0.15) is 13.8 Å². The van der Waals surface area contributed by atoms with Gasteiger partial charge in [-0.15, -0.1) is 0 Å². The predicted molar refractivity (Wildman–Crippen MR) is 150 cm³/mol. The van der Waals surface area contributed by atoms with Crippen molar-refractivity contribution in [2.24, 2.45) is 0 Å². The second-order valence-electron chi connectivity index (χ2n) is 9.09. The van der Waals surface area contributed by atoms with Crippen molar-refractivity contribution in [3.05, 3.63) is 53.7 Å². The summed E-state index contributed by atoms with van der Waals surface area (Å²) in [6.07, 6.45) is 0.913. The fourth-order valence-electron chi connectivity index (χ4n) is 4.17. The Hall–Kier alpha value is -3.76. The minimum Gasteiger partial charge on any atom is -0.497 e. The minimum absolute atomic E-state index is 0.233. The van der Waals surface area contributed by atoms with Crippen molar-refractivity contribution in [3.63, 3.8) is 0 Å². The molecule has 0 aliphatic carbocycles. The first-order valence-electron chi connectivity index (χ1n) is 12.3. The molecule has 0 saturated carbocycles. The lowest BCUT2D eigenvalue weighted by molar-refractivity contribution is 0.206. The van der Waals surface area contributed by atoms with Gasteiger partial charge in [0, 0.05) is 57.2 Å². The molecule has 3 aromatic rings. The van der Waals surface area contributed by atoms with Crippen molar-refractivity contribution in [2.75, 3.05) is 62.6 Å². The van der Waals surface area contributed by atoms with Crippen LogP contribution in [0.2, 0.25) is 5.02 Å². The van der Waals surface area contributed by atoms with Crippen LogP contribution in [0.15, 0.2) is 48.7 Å². The number of aromatic nitrogens is 2. The number of nitrogens with zero attached hydrogens (tertiary/aromatic N) is 5. The number of hydrogen-bond donors (Lipinski definition) is 1. The number of carbonyl (C=O) groups is 1. The first-order valence-corrected chi connectivity index (χ1v) is 12.7. The van der Waals surface area contributed by atoms with Gasteiger partial charge in [-0.1, -0.05) is 11.6 Å². The maximum absolute atomic E-state index is 12.8. The summed E-state index contributed by atoms with van der Waals surface area (Å²) in [5.74, 6) is 1.83. The Labute approximate surface area is 228 Å². The molecule has 2 heterocycles. The van der Waals surface area contributed by atoms with Crippen molar-refractivity contribution in [3.8, 4) is 17.2 Å². The summed E-state index contributed by atoms with van der Waals surface area (Å²) in [7, 11) is 4.59. The molecule has 202 valence electrons. The lowest BCUT2D eigenvalue weighted by Gasteiger charge is -2.38. The molecule has 11 heteroatoms. The van der Waals surface area contributed by atoms with E-state index >= 15 is 0 Å². The molecule has 1 amide bonds. The number of nitrogens with one attached hydrogen (secondary N) is 1. The summed E-state index contributed by atoms with van der Waals surface area (Å²) >= 11 is 6.65. The van der Waals surface area contributed by atoms with Gasteiger partial charge >= 0.3 is 6.09 Å². The maximum atomic E-state index is 12.8. The van der Waals surface area contributed by atoms with Crippen LogP contribution in [-0.2, 0) is 0 Å². The van der Waals surface area contributed by atoms with Gasteiger partial charge in [-0.25, -0.2) is 9.78 Å². The van der Waals surface area contributed by atoms with Crippen molar-refractivity contribution in [2.45, 2.75) is 19.9 Å². The number of methoxy groups -OCH3 is 2. The highest BCUT2D eigenvalue weighted by Crippen LogP contribution is 2.33. The highest BCUT2D eigenvalue weighted by molar-refractivity contribution is 6.33. The zero-order valence-electron chi connectivity index (χ0n) is 22.3. The van der Waals surface area contributed by atoms with E-state index in [0.29, 0.717) is 34.3 Å². The number of carbonyl (C=O) groups excluding carboxylic acids is 1. The molecule has 1 N–H and O–H groups in total. The molecule has 38 heavy (non-hydrogen) atoms. The van der Waals surface area contributed by atoms with Crippen LogP contribution in [0.25, 0.3) is 0 Å². The lowest BCUT2D eigenvalue weighted by atomic mass is 10.2. The molecule has 10 nitrogen and oxygen atoms in total. The van der Waals surface area contributed by atoms with Crippen LogP contribution in [-0.4, -0.2) is 74.4 Å². The van der Waals surface area contributed by atoms with Crippen LogP contribution < -0.4 is 29.3 Å². The number of rotatable bonds is 8. The summed E-state index contributed by atoms with van der Waals surface area (Å²) in [6, 6.07) is 12.9. The van der Waals surface area contributed by atoms with Gasteiger partial charge < -0.3 is 24.4 Å². The van der Waals surface area contributed by atoms with Gasteiger partial charge in [-0.05, 0) is 50.2 Å². The smallest absolute Gasteiger partial charge is 0.420 e. The van der Waals surface area contributed by atoms with E-state index in [1.165, 1.54) is 19.1 Å². The van der Waals surface area contributed by atoms with E-state index in [0.717, 1.165) is 37.6 Å². The summed E-state index contributed by atoms with van der Waals surface area (Å²) in [6.45, 7) is 8.32. The Bertz CT molecular complexity index is 1270.